The fourth-order valence-corrected chi connectivity index (χ4v) is 1.62. The molecule has 0 aliphatic rings. The molecule has 1 aromatic heterocycles. The summed E-state index contributed by atoms with van der Waals surface area (Å²) >= 11 is 5.54. The number of hydrogen-bond donors (Lipinski definition) is 1. The van der Waals surface area contributed by atoms with E-state index in [1.54, 1.807) is 0 Å². The highest BCUT2D eigenvalue weighted by Gasteiger charge is 2.33. The Hall–Kier alpha value is -1.41. The molecule has 0 aliphatic carbocycles. The van der Waals surface area contributed by atoms with Crippen LogP contribution in [0.3, 0.4) is 0 Å². The molecule has 0 saturated heterocycles. The van der Waals surface area contributed by atoms with Crippen LogP contribution in [0.15, 0.2) is 6.07 Å². The second-order valence-electron chi connectivity index (χ2n) is 3.73. The Bertz CT molecular complexity index is 448. The average Bonchev–Trinajstić information content (AvgIpc) is 2.24. The summed E-state index contributed by atoms with van der Waals surface area (Å²) in [7, 11) is 0. The van der Waals surface area contributed by atoms with Crippen molar-refractivity contribution >= 4 is 17.5 Å². The van der Waals surface area contributed by atoms with Gasteiger partial charge < -0.3 is 10.0 Å². The fourth-order valence-electron chi connectivity index (χ4n) is 1.39. The Labute approximate surface area is 112 Å². The van der Waals surface area contributed by atoms with Gasteiger partial charge in [-0.15, -0.1) is 0 Å². The molecule has 19 heavy (non-hydrogen) atoms. The standard InChI is InChI=1S/C10H11ClF3N3O2/c1-6-4-7(16-9(11)15-6)8(19)17(2-3-18)5-10(12,13)14/h4,18H,2-3,5H2,1H3. The zero-order chi connectivity index (χ0) is 14.6. The van der Waals surface area contributed by atoms with Crippen molar-refractivity contribution in [3.63, 3.8) is 0 Å². The van der Waals surface area contributed by atoms with Crippen LogP contribution in [0, 0.1) is 6.92 Å². The quantitative estimate of drug-likeness (QED) is 0.854. The van der Waals surface area contributed by atoms with Gasteiger partial charge >= 0.3 is 6.18 Å². The first kappa shape index (κ1) is 15.6. The molecule has 0 saturated carbocycles. The van der Waals surface area contributed by atoms with E-state index in [9.17, 15) is 18.0 Å². The summed E-state index contributed by atoms with van der Waals surface area (Å²) in [4.78, 5) is 19.6. The SMILES string of the molecule is Cc1cc(C(=O)N(CCO)CC(F)(F)F)nc(Cl)n1. The summed E-state index contributed by atoms with van der Waals surface area (Å²) in [5.41, 5.74) is 0.120. The van der Waals surface area contributed by atoms with Gasteiger partial charge in [0.1, 0.15) is 12.2 Å². The lowest BCUT2D eigenvalue weighted by Gasteiger charge is -2.22. The summed E-state index contributed by atoms with van der Waals surface area (Å²) < 4.78 is 37.0. The highest BCUT2D eigenvalue weighted by Crippen LogP contribution is 2.18. The molecule has 0 spiro atoms. The van der Waals surface area contributed by atoms with E-state index in [1.807, 2.05) is 0 Å². The van der Waals surface area contributed by atoms with Crippen LogP contribution in [-0.2, 0) is 0 Å². The molecule has 1 aromatic rings. The van der Waals surface area contributed by atoms with Crippen LogP contribution in [0.2, 0.25) is 5.28 Å². The molecule has 1 heterocycles. The van der Waals surface area contributed by atoms with E-state index in [0.717, 1.165) is 0 Å². The van der Waals surface area contributed by atoms with Gasteiger partial charge in [-0.2, -0.15) is 13.2 Å². The van der Waals surface area contributed by atoms with E-state index >= 15 is 0 Å². The van der Waals surface area contributed by atoms with Crippen molar-refractivity contribution in [3.05, 3.63) is 22.7 Å². The molecule has 106 valence electrons. The molecule has 0 fully saturated rings. The van der Waals surface area contributed by atoms with E-state index in [-0.39, 0.29) is 11.0 Å². The van der Waals surface area contributed by atoms with Crippen LogP contribution in [0.25, 0.3) is 0 Å². The second-order valence-corrected chi connectivity index (χ2v) is 4.07. The maximum Gasteiger partial charge on any atom is 0.406 e. The van der Waals surface area contributed by atoms with Crippen molar-refractivity contribution in [1.82, 2.24) is 14.9 Å². The van der Waals surface area contributed by atoms with Gasteiger partial charge in [0, 0.05) is 12.2 Å². The molecule has 0 bridgehead atoms. The number of aliphatic hydroxyl groups excluding tert-OH is 1. The molecular weight excluding hydrogens is 287 g/mol. The number of aliphatic hydroxyl groups is 1. The highest BCUT2D eigenvalue weighted by molar-refractivity contribution is 6.28. The van der Waals surface area contributed by atoms with Gasteiger partial charge in [0.25, 0.3) is 5.91 Å². The van der Waals surface area contributed by atoms with Crippen LogP contribution in [0.5, 0.6) is 0 Å². The number of rotatable bonds is 4. The van der Waals surface area contributed by atoms with Crippen molar-refractivity contribution in [1.29, 1.82) is 0 Å². The zero-order valence-electron chi connectivity index (χ0n) is 9.91. The third-order valence-corrected chi connectivity index (χ3v) is 2.24. The van der Waals surface area contributed by atoms with Crippen LogP contribution in [-0.4, -0.2) is 51.8 Å². The van der Waals surface area contributed by atoms with Crippen molar-refractivity contribution in [2.75, 3.05) is 19.7 Å². The second kappa shape index (κ2) is 6.16. The molecule has 9 heteroatoms. The number of aromatic nitrogens is 2. The van der Waals surface area contributed by atoms with Gasteiger partial charge in [0.05, 0.1) is 6.61 Å². The topological polar surface area (TPSA) is 66.3 Å². The number of halogens is 4. The molecule has 1 N–H and O–H groups in total. The molecule has 0 aliphatic heterocycles. The smallest absolute Gasteiger partial charge is 0.395 e. The van der Waals surface area contributed by atoms with Crippen molar-refractivity contribution < 1.29 is 23.1 Å². The average molecular weight is 298 g/mol. The van der Waals surface area contributed by atoms with Crippen molar-refractivity contribution in [2.24, 2.45) is 0 Å². The lowest BCUT2D eigenvalue weighted by Crippen LogP contribution is -2.41. The summed E-state index contributed by atoms with van der Waals surface area (Å²) in [5.74, 6) is -0.959. The number of carbonyl (C=O) groups excluding carboxylic acids is 1. The summed E-state index contributed by atoms with van der Waals surface area (Å²) in [5, 5.41) is 8.50. The normalized spacial score (nSPS) is 11.5. The lowest BCUT2D eigenvalue weighted by molar-refractivity contribution is -0.141. The molecule has 0 radical (unpaired) electrons. The van der Waals surface area contributed by atoms with Crippen LogP contribution in [0.4, 0.5) is 13.2 Å². The van der Waals surface area contributed by atoms with Gasteiger partial charge in [-0.25, -0.2) is 9.97 Å². The van der Waals surface area contributed by atoms with E-state index in [4.69, 9.17) is 16.7 Å². The molecular formula is C10H11ClF3N3O2. The minimum Gasteiger partial charge on any atom is -0.395 e. The predicted octanol–water partition coefficient (Wildman–Crippen LogP) is 1.44. The summed E-state index contributed by atoms with van der Waals surface area (Å²) in [6, 6.07) is 1.23. The monoisotopic (exact) mass is 297 g/mol. The van der Waals surface area contributed by atoms with Gasteiger partial charge in [0.2, 0.25) is 5.28 Å². The molecule has 0 atom stereocenters. The molecule has 0 aromatic carbocycles. The fraction of sp³-hybridized carbons (Fsp3) is 0.500. The Kier molecular flexibility index (Phi) is 5.07. The molecule has 1 amide bonds. The van der Waals surface area contributed by atoms with Crippen molar-refractivity contribution in [3.8, 4) is 0 Å². The number of alkyl halides is 3. The van der Waals surface area contributed by atoms with Gasteiger partial charge in [0.15, 0.2) is 0 Å². The first-order chi connectivity index (χ1) is 8.73. The van der Waals surface area contributed by atoms with Crippen molar-refractivity contribution in [2.45, 2.75) is 13.1 Å². The summed E-state index contributed by atoms with van der Waals surface area (Å²) in [6.07, 6.45) is -4.56. The zero-order valence-corrected chi connectivity index (χ0v) is 10.7. The Morgan fingerprint density at radius 3 is 2.58 bits per heavy atom. The van der Waals surface area contributed by atoms with Gasteiger partial charge in [-0.05, 0) is 24.6 Å². The maximum atomic E-state index is 12.3. The van der Waals surface area contributed by atoms with E-state index < -0.39 is 31.8 Å². The maximum absolute atomic E-state index is 12.3. The first-order valence-corrected chi connectivity index (χ1v) is 5.59. The predicted molar refractivity (Wildman–Crippen MR) is 60.8 cm³/mol. The lowest BCUT2D eigenvalue weighted by atomic mass is 10.3. The Morgan fingerprint density at radius 1 is 1.47 bits per heavy atom. The van der Waals surface area contributed by atoms with Gasteiger partial charge in [-0.3, -0.25) is 4.79 Å². The number of aryl methyl sites for hydroxylation is 1. The third-order valence-electron chi connectivity index (χ3n) is 2.07. The van der Waals surface area contributed by atoms with E-state index in [0.29, 0.717) is 10.6 Å². The largest absolute Gasteiger partial charge is 0.406 e. The molecule has 5 nitrogen and oxygen atoms in total. The Morgan fingerprint density at radius 2 is 2.11 bits per heavy atom. The van der Waals surface area contributed by atoms with Crippen LogP contribution < -0.4 is 0 Å². The first-order valence-electron chi connectivity index (χ1n) is 5.21. The molecule has 1 rings (SSSR count). The van der Waals surface area contributed by atoms with E-state index in [2.05, 4.69) is 9.97 Å². The Balaban J connectivity index is 2.98. The van der Waals surface area contributed by atoms with Gasteiger partial charge in [-0.1, -0.05) is 0 Å². The molecule has 0 unspecified atom stereocenters. The number of amides is 1. The third kappa shape index (κ3) is 4.99. The number of hydrogen-bond acceptors (Lipinski definition) is 4. The van der Waals surface area contributed by atoms with Crippen LogP contribution in [0.1, 0.15) is 16.2 Å². The highest BCUT2D eigenvalue weighted by atomic mass is 35.5. The minimum atomic E-state index is -4.56. The number of carbonyl (C=O) groups is 1. The minimum absolute atomic E-state index is 0.223. The van der Waals surface area contributed by atoms with E-state index in [1.165, 1.54) is 13.0 Å². The van der Waals surface area contributed by atoms with Crippen LogP contribution >= 0.6 is 11.6 Å². The number of nitrogens with zero attached hydrogens (tertiary/aromatic N) is 3. The summed E-state index contributed by atoms with van der Waals surface area (Å²) in [6.45, 7) is -0.962.